The van der Waals surface area contributed by atoms with Crippen LogP contribution in [0.4, 0.5) is 0 Å². The lowest BCUT2D eigenvalue weighted by molar-refractivity contribution is 1.18. The van der Waals surface area contributed by atoms with Crippen LogP contribution in [0.5, 0.6) is 0 Å². The number of hydrogen-bond acceptors (Lipinski definition) is 1. The van der Waals surface area contributed by atoms with Crippen molar-refractivity contribution in [2.45, 2.75) is 6.92 Å². The molecule has 0 saturated carbocycles. The zero-order chi connectivity index (χ0) is 10.5. The maximum atomic E-state index is 4.40. The Morgan fingerprint density at radius 2 is 1.62 bits per heavy atom. The zero-order valence-corrected chi connectivity index (χ0v) is 9.95. The first-order valence-electron chi connectivity index (χ1n) is 5.01. The first-order valence-corrected chi connectivity index (χ1v) is 5.01. The van der Waals surface area contributed by atoms with Crippen LogP contribution in [0.3, 0.4) is 0 Å². The number of aromatic nitrogens is 1. The normalized spacial score (nSPS) is 10.1. The molecule has 0 spiro atoms. The molecule has 1 nitrogen and oxygen atoms in total. The van der Waals surface area contributed by atoms with Crippen LogP contribution in [0.25, 0.3) is 12.2 Å². The Hall–Kier alpha value is -1.60. The Labute approximate surface area is 102 Å². The standard InChI is InChI=1S/C14H13N.ClH/c1-12-6-5-9-14(15-12)11-10-13-7-3-2-4-8-13;/h2-11H,1H3;1H/b11-10+;. The molecule has 0 bridgehead atoms. The van der Waals surface area contributed by atoms with Crippen LogP contribution in [-0.2, 0) is 0 Å². The van der Waals surface area contributed by atoms with Gasteiger partial charge in [-0.2, -0.15) is 0 Å². The molecule has 0 fully saturated rings. The van der Waals surface area contributed by atoms with E-state index in [1.54, 1.807) is 0 Å². The van der Waals surface area contributed by atoms with Crippen molar-refractivity contribution in [1.29, 1.82) is 0 Å². The molecule has 82 valence electrons. The van der Waals surface area contributed by atoms with Gasteiger partial charge in [-0.15, -0.1) is 12.4 Å². The Bertz CT molecular complexity index is 463. The third-order valence-electron chi connectivity index (χ3n) is 2.16. The summed E-state index contributed by atoms with van der Waals surface area (Å²) in [5, 5.41) is 0. The second-order valence-electron chi connectivity index (χ2n) is 3.45. The van der Waals surface area contributed by atoms with E-state index in [1.807, 2.05) is 49.4 Å². The molecule has 0 amide bonds. The minimum atomic E-state index is 0. The molecule has 0 saturated heterocycles. The highest BCUT2D eigenvalue weighted by Gasteiger charge is 1.89. The molecular weight excluding hydrogens is 218 g/mol. The van der Waals surface area contributed by atoms with Crippen molar-refractivity contribution >= 4 is 24.6 Å². The van der Waals surface area contributed by atoms with Crippen molar-refractivity contribution in [3.63, 3.8) is 0 Å². The first-order chi connectivity index (χ1) is 7.34. The average Bonchev–Trinajstić information content (AvgIpc) is 2.28. The summed E-state index contributed by atoms with van der Waals surface area (Å²) in [6.07, 6.45) is 4.10. The molecule has 0 aliphatic rings. The molecule has 1 aromatic carbocycles. The predicted molar refractivity (Wildman–Crippen MR) is 71.6 cm³/mol. The van der Waals surface area contributed by atoms with Gasteiger partial charge in [0, 0.05) is 5.69 Å². The van der Waals surface area contributed by atoms with Crippen LogP contribution >= 0.6 is 12.4 Å². The van der Waals surface area contributed by atoms with Gasteiger partial charge < -0.3 is 0 Å². The number of aryl methyl sites for hydroxylation is 1. The highest BCUT2D eigenvalue weighted by Crippen LogP contribution is 2.06. The molecule has 2 heteroatoms. The third kappa shape index (κ3) is 3.52. The first kappa shape index (κ1) is 12.5. The summed E-state index contributed by atoms with van der Waals surface area (Å²) in [4.78, 5) is 4.40. The van der Waals surface area contributed by atoms with Crippen LogP contribution in [-0.4, -0.2) is 4.98 Å². The summed E-state index contributed by atoms with van der Waals surface area (Å²) in [5.74, 6) is 0. The molecule has 1 heterocycles. The van der Waals surface area contributed by atoms with E-state index in [-0.39, 0.29) is 12.4 Å². The van der Waals surface area contributed by atoms with E-state index in [1.165, 1.54) is 5.56 Å². The number of benzene rings is 1. The molecule has 2 aromatic rings. The highest BCUT2D eigenvalue weighted by atomic mass is 35.5. The minimum absolute atomic E-state index is 0. The summed E-state index contributed by atoms with van der Waals surface area (Å²) in [6, 6.07) is 16.3. The zero-order valence-electron chi connectivity index (χ0n) is 9.13. The van der Waals surface area contributed by atoms with Gasteiger partial charge in [0.1, 0.15) is 0 Å². The second-order valence-corrected chi connectivity index (χ2v) is 3.45. The molecule has 0 N–H and O–H groups in total. The van der Waals surface area contributed by atoms with E-state index >= 15 is 0 Å². The number of pyridine rings is 1. The van der Waals surface area contributed by atoms with Crippen molar-refractivity contribution in [3.8, 4) is 0 Å². The minimum Gasteiger partial charge on any atom is -0.254 e. The van der Waals surface area contributed by atoms with Gasteiger partial charge in [-0.05, 0) is 30.7 Å². The molecule has 2 rings (SSSR count). The Balaban J connectivity index is 0.00000128. The molecule has 0 unspecified atom stereocenters. The van der Waals surface area contributed by atoms with Crippen molar-refractivity contribution in [3.05, 3.63) is 65.5 Å². The smallest absolute Gasteiger partial charge is 0.0633 e. The maximum Gasteiger partial charge on any atom is 0.0633 e. The molecule has 16 heavy (non-hydrogen) atoms. The van der Waals surface area contributed by atoms with E-state index in [9.17, 15) is 0 Å². The fourth-order valence-electron chi connectivity index (χ4n) is 1.40. The molecule has 0 atom stereocenters. The van der Waals surface area contributed by atoms with Gasteiger partial charge in [-0.25, -0.2) is 0 Å². The lowest BCUT2D eigenvalue weighted by Gasteiger charge is -1.95. The van der Waals surface area contributed by atoms with Crippen molar-refractivity contribution in [2.75, 3.05) is 0 Å². The van der Waals surface area contributed by atoms with E-state index < -0.39 is 0 Å². The summed E-state index contributed by atoms with van der Waals surface area (Å²) in [6.45, 7) is 2.00. The molecular formula is C14H14ClN. The monoisotopic (exact) mass is 231 g/mol. The summed E-state index contributed by atoms with van der Waals surface area (Å²) < 4.78 is 0. The van der Waals surface area contributed by atoms with Crippen molar-refractivity contribution in [2.24, 2.45) is 0 Å². The van der Waals surface area contributed by atoms with Crippen LogP contribution in [0, 0.1) is 6.92 Å². The van der Waals surface area contributed by atoms with Crippen LogP contribution in [0.2, 0.25) is 0 Å². The molecule has 1 aromatic heterocycles. The average molecular weight is 232 g/mol. The van der Waals surface area contributed by atoms with E-state index in [2.05, 4.69) is 23.2 Å². The van der Waals surface area contributed by atoms with Gasteiger partial charge in [0.15, 0.2) is 0 Å². The van der Waals surface area contributed by atoms with E-state index in [4.69, 9.17) is 0 Å². The van der Waals surface area contributed by atoms with E-state index in [0.717, 1.165) is 11.4 Å². The van der Waals surface area contributed by atoms with Gasteiger partial charge in [0.2, 0.25) is 0 Å². The summed E-state index contributed by atoms with van der Waals surface area (Å²) in [7, 11) is 0. The van der Waals surface area contributed by atoms with Crippen LogP contribution < -0.4 is 0 Å². The molecule has 0 radical (unpaired) electrons. The van der Waals surface area contributed by atoms with Crippen LogP contribution in [0.15, 0.2) is 48.5 Å². The molecule has 0 aliphatic heterocycles. The SMILES string of the molecule is Cc1cccc(/C=C/c2ccccc2)n1.Cl. The van der Waals surface area contributed by atoms with Gasteiger partial charge in [0.25, 0.3) is 0 Å². The third-order valence-corrected chi connectivity index (χ3v) is 2.16. The lowest BCUT2D eigenvalue weighted by atomic mass is 10.2. The van der Waals surface area contributed by atoms with Gasteiger partial charge in [0.05, 0.1) is 5.69 Å². The van der Waals surface area contributed by atoms with Gasteiger partial charge in [-0.1, -0.05) is 42.5 Å². The maximum absolute atomic E-state index is 4.40. The Kier molecular flexibility index (Phi) is 4.74. The van der Waals surface area contributed by atoms with Crippen molar-refractivity contribution in [1.82, 2.24) is 4.98 Å². The quantitative estimate of drug-likeness (QED) is 0.762. The summed E-state index contributed by atoms with van der Waals surface area (Å²) in [5.41, 5.74) is 3.24. The largest absolute Gasteiger partial charge is 0.254 e. The predicted octanol–water partition coefficient (Wildman–Crippen LogP) is 3.98. The lowest BCUT2D eigenvalue weighted by Crippen LogP contribution is -1.82. The topological polar surface area (TPSA) is 12.9 Å². The summed E-state index contributed by atoms with van der Waals surface area (Å²) >= 11 is 0. The highest BCUT2D eigenvalue weighted by molar-refractivity contribution is 5.85. The molecule has 0 aliphatic carbocycles. The number of halogens is 1. The van der Waals surface area contributed by atoms with E-state index in [0.29, 0.717) is 0 Å². The number of rotatable bonds is 2. The number of nitrogens with zero attached hydrogens (tertiary/aromatic N) is 1. The van der Waals surface area contributed by atoms with Gasteiger partial charge in [-0.3, -0.25) is 4.98 Å². The Morgan fingerprint density at radius 1 is 0.875 bits per heavy atom. The fourth-order valence-corrected chi connectivity index (χ4v) is 1.40. The Morgan fingerprint density at radius 3 is 2.31 bits per heavy atom. The second kappa shape index (κ2) is 6.09. The van der Waals surface area contributed by atoms with Crippen molar-refractivity contribution < 1.29 is 0 Å². The number of hydrogen-bond donors (Lipinski definition) is 0. The van der Waals surface area contributed by atoms with Crippen LogP contribution in [0.1, 0.15) is 17.0 Å². The fraction of sp³-hybridized carbons (Fsp3) is 0.0714. The van der Waals surface area contributed by atoms with Gasteiger partial charge >= 0.3 is 0 Å².